The van der Waals surface area contributed by atoms with Gasteiger partial charge in [-0.25, -0.2) is 0 Å². The van der Waals surface area contributed by atoms with Crippen molar-refractivity contribution in [2.24, 2.45) is 29.6 Å². The Bertz CT molecular complexity index is 1280. The van der Waals surface area contributed by atoms with E-state index in [1.54, 1.807) is 11.8 Å². The van der Waals surface area contributed by atoms with Crippen LogP contribution in [0, 0.1) is 29.6 Å². The molecule has 190 valence electrons. The summed E-state index contributed by atoms with van der Waals surface area (Å²) in [5, 5.41) is 10.1. The van der Waals surface area contributed by atoms with Crippen molar-refractivity contribution in [3.63, 3.8) is 0 Å². The summed E-state index contributed by atoms with van der Waals surface area (Å²) < 4.78 is 0. The lowest BCUT2D eigenvalue weighted by Crippen LogP contribution is -2.42. The second kappa shape index (κ2) is 8.76. The van der Waals surface area contributed by atoms with Crippen LogP contribution in [0.25, 0.3) is 0 Å². The maximum atomic E-state index is 13.4. The van der Waals surface area contributed by atoms with Gasteiger partial charge in [-0.2, -0.15) is 0 Å². The molecule has 2 N–H and O–H groups in total. The molecule has 1 aromatic heterocycles. The smallest absolute Gasteiger partial charge is 0.305 e. The van der Waals surface area contributed by atoms with Crippen LogP contribution in [0.4, 0.5) is 5.69 Å². The van der Waals surface area contributed by atoms with Crippen molar-refractivity contribution in [3.8, 4) is 0 Å². The van der Waals surface area contributed by atoms with Gasteiger partial charge in [0.05, 0.1) is 23.3 Å². The zero-order valence-corrected chi connectivity index (χ0v) is 21.8. The highest BCUT2D eigenvalue weighted by molar-refractivity contribution is 8.00. The number of hydrogen-bond acceptors (Lipinski definition) is 7. The number of anilines is 1. The number of aromatic nitrogens is 1. The van der Waals surface area contributed by atoms with E-state index in [1.165, 1.54) is 16.2 Å². The van der Waals surface area contributed by atoms with Crippen molar-refractivity contribution in [2.45, 2.75) is 42.9 Å². The second-order valence-corrected chi connectivity index (χ2v) is 12.4. The number of thiazole rings is 1. The summed E-state index contributed by atoms with van der Waals surface area (Å²) in [7, 11) is 0. The van der Waals surface area contributed by atoms with E-state index in [9.17, 15) is 19.2 Å². The number of H-pyrrole nitrogens is 1. The minimum atomic E-state index is -1.01. The number of aliphatic carboxylic acids is 1. The predicted octanol–water partition coefficient (Wildman–Crippen LogP) is 3.23. The number of benzene rings is 1. The predicted molar refractivity (Wildman–Crippen MR) is 137 cm³/mol. The molecule has 3 fully saturated rings. The van der Waals surface area contributed by atoms with Gasteiger partial charge in [0.25, 0.3) is 0 Å². The number of carbonyl (C=O) groups is 3. The van der Waals surface area contributed by atoms with E-state index in [2.05, 4.69) is 48.0 Å². The Balaban J connectivity index is 1.38. The molecule has 0 radical (unpaired) electrons. The molecular weight excluding hydrogens is 498 g/mol. The number of likely N-dealkylation sites (tertiary alicyclic amines) is 1. The maximum Gasteiger partial charge on any atom is 0.305 e. The Morgan fingerprint density at radius 3 is 2.39 bits per heavy atom. The first-order chi connectivity index (χ1) is 17.3. The zero-order chi connectivity index (χ0) is 25.3. The molecule has 0 unspecified atom stereocenters. The maximum absolute atomic E-state index is 13.4. The third-order valence-electron chi connectivity index (χ3n) is 8.75. The van der Waals surface area contributed by atoms with Gasteiger partial charge in [0.15, 0.2) is 0 Å². The molecule has 2 amide bonds. The number of nitrogens with zero attached hydrogens (tertiary/aromatic N) is 2. The highest BCUT2D eigenvalue weighted by atomic mass is 32.2. The van der Waals surface area contributed by atoms with E-state index in [4.69, 9.17) is 5.11 Å². The summed E-state index contributed by atoms with van der Waals surface area (Å²) in [5.74, 6) is -1.94. The van der Waals surface area contributed by atoms with Gasteiger partial charge in [-0.3, -0.25) is 24.1 Å². The highest BCUT2D eigenvalue weighted by Gasteiger charge is 2.69. The molecule has 1 saturated heterocycles. The average molecular weight is 528 g/mol. The fourth-order valence-corrected chi connectivity index (χ4v) is 10.2. The van der Waals surface area contributed by atoms with Crippen LogP contribution in [0.1, 0.15) is 43.0 Å². The lowest BCUT2D eigenvalue weighted by atomic mass is 9.68. The van der Waals surface area contributed by atoms with Gasteiger partial charge in [-0.1, -0.05) is 23.5 Å². The van der Waals surface area contributed by atoms with Gasteiger partial charge in [0.2, 0.25) is 11.8 Å². The number of aromatic amines is 1. The number of thioether (sulfide) groups is 1. The van der Waals surface area contributed by atoms with Crippen LogP contribution in [0.2, 0.25) is 0 Å². The first-order valence-electron chi connectivity index (χ1n) is 12.7. The number of fused-ring (bicyclic) bond motifs is 9. The Morgan fingerprint density at radius 2 is 1.75 bits per heavy atom. The molecule has 10 heteroatoms. The molecule has 4 aliphatic rings. The second-order valence-electron chi connectivity index (χ2n) is 10.2. The van der Waals surface area contributed by atoms with Gasteiger partial charge >= 0.3 is 10.8 Å². The number of carbonyl (C=O) groups excluding carboxylic acids is 2. The summed E-state index contributed by atoms with van der Waals surface area (Å²) in [4.78, 5) is 57.7. The lowest BCUT2D eigenvalue weighted by molar-refractivity contribution is -0.142. The standard InChI is InChI=1S/C26H29N3O5S2/c1-3-28(4-2)13-7-5-12(6-8-13)17-18-14-11-15(21(18)35-23-22(17)36-26(34)27-23)20-19(14)24(32)29(25(20)33)10-9-16(30)31/h5-8,14-15,17-21H,3-4,9-11H2,1-2H3,(H,27,34)(H,30,31)/t14-,15+,17-,18+,19+,20+,21-/m0/s1. The van der Waals surface area contributed by atoms with E-state index in [0.717, 1.165) is 40.7 Å². The van der Waals surface area contributed by atoms with Crippen molar-refractivity contribution in [2.75, 3.05) is 24.5 Å². The number of nitrogens with one attached hydrogen (secondary N) is 1. The quantitative estimate of drug-likeness (QED) is 0.532. The number of carboxylic acid groups (broad SMARTS) is 1. The number of hydrogen-bond donors (Lipinski definition) is 2. The monoisotopic (exact) mass is 527 g/mol. The van der Waals surface area contributed by atoms with E-state index in [1.807, 2.05) is 0 Å². The lowest BCUT2D eigenvalue weighted by Gasteiger charge is -2.43. The molecule has 3 heterocycles. The molecule has 0 spiro atoms. The molecule has 6 rings (SSSR count). The van der Waals surface area contributed by atoms with E-state index < -0.39 is 5.97 Å². The molecule has 2 bridgehead atoms. The summed E-state index contributed by atoms with van der Waals surface area (Å²) in [6.07, 6.45) is 0.600. The highest BCUT2D eigenvalue weighted by Crippen LogP contribution is 2.68. The van der Waals surface area contributed by atoms with Gasteiger partial charge < -0.3 is 15.0 Å². The van der Waals surface area contributed by atoms with E-state index in [0.29, 0.717) is 0 Å². The minimum absolute atomic E-state index is 0.00660. The molecule has 36 heavy (non-hydrogen) atoms. The van der Waals surface area contributed by atoms with Crippen molar-refractivity contribution >= 4 is 46.6 Å². The molecule has 8 nitrogen and oxygen atoms in total. The first kappa shape index (κ1) is 23.8. The fourth-order valence-electron chi connectivity index (χ4n) is 7.36. The zero-order valence-electron chi connectivity index (χ0n) is 20.2. The van der Waals surface area contributed by atoms with Crippen LogP contribution in [0.5, 0.6) is 0 Å². The number of carboxylic acids is 1. The Kier molecular flexibility index (Phi) is 5.79. The average Bonchev–Trinajstić information content (AvgIpc) is 3.58. The Hall–Kier alpha value is -2.59. The van der Waals surface area contributed by atoms with Crippen LogP contribution in [0.15, 0.2) is 34.1 Å². The third kappa shape index (κ3) is 3.40. The van der Waals surface area contributed by atoms with Crippen LogP contribution in [-0.4, -0.2) is 57.7 Å². The largest absolute Gasteiger partial charge is 0.481 e. The van der Waals surface area contributed by atoms with Crippen LogP contribution < -0.4 is 9.77 Å². The van der Waals surface area contributed by atoms with Crippen molar-refractivity contribution < 1.29 is 19.5 Å². The molecule has 2 aliphatic heterocycles. The van der Waals surface area contributed by atoms with E-state index >= 15 is 0 Å². The van der Waals surface area contributed by atoms with Gasteiger partial charge in [-0.05, 0) is 55.7 Å². The number of imide groups is 1. The van der Waals surface area contributed by atoms with E-state index in [-0.39, 0.29) is 70.4 Å². The minimum Gasteiger partial charge on any atom is -0.481 e. The van der Waals surface area contributed by atoms with Crippen LogP contribution in [0.3, 0.4) is 0 Å². The molecule has 1 aromatic carbocycles. The SMILES string of the molecule is CCN(CC)c1ccc([C@@H]2c3sc(=O)[nH]c3S[C@H]3[C@@H]4C[C@H]([C@H]5C(=O)N(CCC(=O)O)C(=O)[C@H]45)[C@H]23)cc1. The van der Waals surface area contributed by atoms with Crippen LogP contribution >= 0.6 is 23.1 Å². The summed E-state index contributed by atoms with van der Waals surface area (Å²) in [6, 6.07) is 8.59. The Labute approximate surface area is 217 Å². The van der Waals surface area contributed by atoms with Gasteiger partial charge in [0.1, 0.15) is 0 Å². The summed E-state index contributed by atoms with van der Waals surface area (Å²) in [6.45, 7) is 6.06. The molecule has 2 saturated carbocycles. The van der Waals surface area contributed by atoms with Crippen molar-refractivity contribution in [1.29, 1.82) is 0 Å². The molecular formula is C26H29N3O5S2. The van der Waals surface area contributed by atoms with Crippen molar-refractivity contribution in [3.05, 3.63) is 44.4 Å². The molecule has 2 aromatic rings. The van der Waals surface area contributed by atoms with Crippen LogP contribution in [-0.2, 0) is 14.4 Å². The van der Waals surface area contributed by atoms with Gasteiger partial charge in [0, 0.05) is 41.4 Å². The van der Waals surface area contributed by atoms with Crippen molar-refractivity contribution in [1.82, 2.24) is 9.88 Å². The normalized spacial score (nSPS) is 31.9. The number of amides is 2. The third-order valence-corrected chi connectivity index (χ3v) is 11.3. The Morgan fingerprint density at radius 1 is 1.08 bits per heavy atom. The summed E-state index contributed by atoms with van der Waals surface area (Å²) >= 11 is 2.92. The summed E-state index contributed by atoms with van der Waals surface area (Å²) in [5.41, 5.74) is 2.30. The molecule has 2 aliphatic carbocycles. The topological polar surface area (TPSA) is 111 Å². The first-order valence-corrected chi connectivity index (χ1v) is 14.3. The fraction of sp³-hybridized carbons (Fsp3) is 0.538. The molecule has 7 atom stereocenters. The number of rotatable bonds is 7. The van der Waals surface area contributed by atoms with Gasteiger partial charge in [-0.15, -0.1) is 11.8 Å².